The summed E-state index contributed by atoms with van der Waals surface area (Å²) in [6, 6.07) is 7.07. The monoisotopic (exact) mass is 217 g/mol. The Hall–Kier alpha value is -2.17. The smallest absolute Gasteiger partial charge is 0.153 e. The summed E-state index contributed by atoms with van der Waals surface area (Å²) in [5.41, 5.74) is 1.26. The number of ether oxygens (including phenoxy) is 1. The number of aromatic nitrogens is 3. The Kier molecular flexibility index (Phi) is 2.95. The first kappa shape index (κ1) is 10.4. The predicted molar refractivity (Wildman–Crippen MR) is 57.2 cm³/mol. The van der Waals surface area contributed by atoms with Crippen molar-refractivity contribution in [1.29, 1.82) is 0 Å². The lowest BCUT2D eigenvalue weighted by Gasteiger charge is -2.05. The number of aldehydes is 1. The van der Waals surface area contributed by atoms with Crippen molar-refractivity contribution in [2.75, 3.05) is 0 Å². The standard InChI is InChI=1S/C11H11N3O2/c1-14-6-10(12-13-14)8-16-11-5-3-2-4-9(11)7-15/h2-7H,8H2,1H3. The van der Waals surface area contributed by atoms with Gasteiger partial charge in [0.05, 0.1) is 11.8 Å². The van der Waals surface area contributed by atoms with Crippen molar-refractivity contribution in [2.45, 2.75) is 6.61 Å². The van der Waals surface area contributed by atoms with Crippen LogP contribution < -0.4 is 4.74 Å². The Balaban J connectivity index is 2.07. The van der Waals surface area contributed by atoms with E-state index in [-0.39, 0.29) is 0 Å². The minimum absolute atomic E-state index is 0.304. The zero-order chi connectivity index (χ0) is 11.4. The van der Waals surface area contributed by atoms with Crippen molar-refractivity contribution in [3.05, 3.63) is 41.7 Å². The maximum Gasteiger partial charge on any atom is 0.153 e. The molecule has 0 saturated heterocycles. The number of carbonyl (C=O) groups is 1. The lowest BCUT2D eigenvalue weighted by atomic mass is 10.2. The number of aryl methyl sites for hydroxylation is 1. The maximum atomic E-state index is 10.7. The molecule has 1 heterocycles. The molecule has 82 valence electrons. The number of hydrogen-bond donors (Lipinski definition) is 0. The number of benzene rings is 1. The van der Waals surface area contributed by atoms with Gasteiger partial charge in [0.2, 0.25) is 0 Å². The summed E-state index contributed by atoms with van der Waals surface area (Å²) in [5.74, 6) is 0.558. The number of carbonyl (C=O) groups excluding carboxylic acids is 1. The number of rotatable bonds is 4. The highest BCUT2D eigenvalue weighted by molar-refractivity contribution is 5.79. The maximum absolute atomic E-state index is 10.7. The summed E-state index contributed by atoms with van der Waals surface area (Å²) in [6.45, 7) is 0.304. The van der Waals surface area contributed by atoms with Gasteiger partial charge in [-0.05, 0) is 12.1 Å². The van der Waals surface area contributed by atoms with Crippen molar-refractivity contribution in [2.24, 2.45) is 7.05 Å². The quantitative estimate of drug-likeness (QED) is 0.722. The molecule has 2 aromatic rings. The fraction of sp³-hybridized carbons (Fsp3) is 0.182. The van der Waals surface area contributed by atoms with E-state index in [0.29, 0.717) is 17.9 Å². The summed E-state index contributed by atoms with van der Waals surface area (Å²) >= 11 is 0. The Morgan fingerprint density at radius 1 is 1.44 bits per heavy atom. The first-order valence-electron chi connectivity index (χ1n) is 4.82. The summed E-state index contributed by atoms with van der Waals surface area (Å²) in [6.07, 6.45) is 2.54. The van der Waals surface area contributed by atoms with E-state index < -0.39 is 0 Å². The highest BCUT2D eigenvalue weighted by atomic mass is 16.5. The highest BCUT2D eigenvalue weighted by Crippen LogP contribution is 2.16. The Morgan fingerprint density at radius 3 is 2.94 bits per heavy atom. The molecule has 0 bridgehead atoms. The van der Waals surface area contributed by atoms with E-state index in [1.807, 2.05) is 6.07 Å². The SMILES string of the molecule is Cn1cc(COc2ccccc2C=O)nn1. The van der Waals surface area contributed by atoms with Crippen LogP contribution in [0.2, 0.25) is 0 Å². The molecule has 0 aliphatic heterocycles. The van der Waals surface area contributed by atoms with Crippen LogP contribution in [0.1, 0.15) is 16.1 Å². The molecular weight excluding hydrogens is 206 g/mol. The first-order chi connectivity index (χ1) is 7.79. The van der Waals surface area contributed by atoms with Crippen LogP contribution in [-0.4, -0.2) is 21.3 Å². The number of nitrogens with zero attached hydrogens (tertiary/aromatic N) is 3. The Bertz CT molecular complexity index is 493. The summed E-state index contributed by atoms with van der Waals surface area (Å²) < 4.78 is 7.08. The average Bonchev–Trinajstić information content (AvgIpc) is 2.73. The number of para-hydroxylation sites is 1. The molecular formula is C11H11N3O2. The van der Waals surface area contributed by atoms with Crippen molar-refractivity contribution in [3.8, 4) is 5.75 Å². The van der Waals surface area contributed by atoms with Gasteiger partial charge in [-0.2, -0.15) is 0 Å². The van der Waals surface area contributed by atoms with E-state index in [4.69, 9.17) is 4.74 Å². The average molecular weight is 217 g/mol. The van der Waals surface area contributed by atoms with E-state index in [1.54, 1.807) is 36.1 Å². The molecule has 1 aromatic heterocycles. The van der Waals surface area contributed by atoms with Crippen molar-refractivity contribution >= 4 is 6.29 Å². The second-order valence-electron chi connectivity index (χ2n) is 3.33. The van der Waals surface area contributed by atoms with Crippen molar-refractivity contribution in [3.63, 3.8) is 0 Å². The van der Waals surface area contributed by atoms with Gasteiger partial charge in [0.1, 0.15) is 18.1 Å². The van der Waals surface area contributed by atoms with E-state index in [2.05, 4.69) is 10.3 Å². The molecule has 5 heteroatoms. The fourth-order valence-electron chi connectivity index (χ4n) is 1.32. The molecule has 0 amide bonds. The van der Waals surface area contributed by atoms with Crippen LogP contribution >= 0.6 is 0 Å². The molecule has 5 nitrogen and oxygen atoms in total. The van der Waals surface area contributed by atoms with Gasteiger partial charge in [0.25, 0.3) is 0 Å². The van der Waals surface area contributed by atoms with Crippen molar-refractivity contribution < 1.29 is 9.53 Å². The minimum atomic E-state index is 0.304. The molecule has 16 heavy (non-hydrogen) atoms. The lowest BCUT2D eigenvalue weighted by molar-refractivity contribution is 0.111. The summed E-state index contributed by atoms with van der Waals surface area (Å²) in [4.78, 5) is 10.7. The Morgan fingerprint density at radius 2 is 2.25 bits per heavy atom. The second-order valence-corrected chi connectivity index (χ2v) is 3.33. The third-order valence-electron chi connectivity index (χ3n) is 2.07. The largest absolute Gasteiger partial charge is 0.486 e. The fourth-order valence-corrected chi connectivity index (χ4v) is 1.32. The molecule has 0 N–H and O–H groups in total. The first-order valence-corrected chi connectivity index (χ1v) is 4.82. The number of hydrogen-bond acceptors (Lipinski definition) is 4. The van der Waals surface area contributed by atoms with E-state index in [1.165, 1.54) is 0 Å². The molecule has 0 atom stereocenters. The van der Waals surface area contributed by atoms with Gasteiger partial charge in [-0.1, -0.05) is 17.3 Å². The van der Waals surface area contributed by atoms with E-state index in [0.717, 1.165) is 12.0 Å². The Labute approximate surface area is 92.7 Å². The van der Waals surface area contributed by atoms with E-state index in [9.17, 15) is 4.79 Å². The lowest BCUT2D eigenvalue weighted by Crippen LogP contribution is -1.98. The van der Waals surface area contributed by atoms with Gasteiger partial charge in [-0.15, -0.1) is 5.10 Å². The zero-order valence-corrected chi connectivity index (χ0v) is 8.83. The van der Waals surface area contributed by atoms with Crippen LogP contribution in [0, 0.1) is 0 Å². The van der Waals surface area contributed by atoms with Gasteiger partial charge in [-0.3, -0.25) is 9.48 Å². The highest BCUT2D eigenvalue weighted by Gasteiger charge is 2.03. The van der Waals surface area contributed by atoms with Crippen LogP contribution in [0.25, 0.3) is 0 Å². The molecule has 0 aliphatic carbocycles. The van der Waals surface area contributed by atoms with Crippen LogP contribution in [0.3, 0.4) is 0 Å². The molecule has 0 unspecified atom stereocenters. The molecule has 0 saturated carbocycles. The molecule has 0 spiro atoms. The molecule has 0 aliphatic rings. The van der Waals surface area contributed by atoms with Crippen LogP contribution in [-0.2, 0) is 13.7 Å². The van der Waals surface area contributed by atoms with Gasteiger partial charge >= 0.3 is 0 Å². The van der Waals surface area contributed by atoms with E-state index >= 15 is 0 Å². The van der Waals surface area contributed by atoms with Crippen LogP contribution in [0.5, 0.6) is 5.75 Å². The van der Waals surface area contributed by atoms with Gasteiger partial charge in [0.15, 0.2) is 6.29 Å². The van der Waals surface area contributed by atoms with Gasteiger partial charge in [0, 0.05) is 7.05 Å². The third-order valence-corrected chi connectivity index (χ3v) is 2.07. The summed E-state index contributed by atoms with van der Waals surface area (Å²) in [7, 11) is 1.79. The van der Waals surface area contributed by atoms with Crippen LogP contribution in [0.4, 0.5) is 0 Å². The van der Waals surface area contributed by atoms with Crippen LogP contribution in [0.15, 0.2) is 30.5 Å². The molecule has 0 fully saturated rings. The zero-order valence-electron chi connectivity index (χ0n) is 8.83. The van der Waals surface area contributed by atoms with Crippen molar-refractivity contribution in [1.82, 2.24) is 15.0 Å². The van der Waals surface area contributed by atoms with Gasteiger partial charge < -0.3 is 4.74 Å². The third kappa shape index (κ3) is 2.25. The topological polar surface area (TPSA) is 57.0 Å². The summed E-state index contributed by atoms with van der Waals surface area (Å²) in [5, 5.41) is 7.67. The molecule has 2 rings (SSSR count). The minimum Gasteiger partial charge on any atom is -0.486 e. The van der Waals surface area contributed by atoms with Gasteiger partial charge in [-0.25, -0.2) is 0 Å². The predicted octanol–water partition coefficient (Wildman–Crippen LogP) is 1.21. The molecule has 0 radical (unpaired) electrons. The normalized spacial score (nSPS) is 10.1. The second kappa shape index (κ2) is 4.57. The molecule has 1 aromatic carbocycles.